The molecular formula is C18H21N3OS. The van der Waals surface area contributed by atoms with Gasteiger partial charge >= 0.3 is 0 Å². The summed E-state index contributed by atoms with van der Waals surface area (Å²) < 4.78 is 7.68. The van der Waals surface area contributed by atoms with Crippen LogP contribution in [0.4, 0.5) is 0 Å². The molecule has 0 saturated carbocycles. The average molecular weight is 327 g/mol. The third kappa shape index (κ3) is 2.26. The first-order valence-corrected chi connectivity index (χ1v) is 8.91. The van der Waals surface area contributed by atoms with Gasteiger partial charge < -0.3 is 10.5 Å². The van der Waals surface area contributed by atoms with Crippen molar-refractivity contribution >= 4 is 16.3 Å². The monoisotopic (exact) mass is 327 g/mol. The molecule has 0 spiro atoms. The van der Waals surface area contributed by atoms with Gasteiger partial charge in [-0.2, -0.15) is 0 Å². The second-order valence-corrected chi connectivity index (χ2v) is 7.15. The normalized spacial score (nSPS) is 14.2. The van der Waals surface area contributed by atoms with Gasteiger partial charge in [0.25, 0.3) is 0 Å². The van der Waals surface area contributed by atoms with Gasteiger partial charge in [0.05, 0.1) is 18.5 Å². The number of nitrogens with zero attached hydrogens (tertiary/aromatic N) is 2. The first-order chi connectivity index (χ1) is 11.2. The Morgan fingerprint density at radius 2 is 2.13 bits per heavy atom. The van der Waals surface area contributed by atoms with E-state index >= 15 is 0 Å². The van der Waals surface area contributed by atoms with Crippen molar-refractivity contribution in [1.29, 1.82) is 0 Å². The predicted molar refractivity (Wildman–Crippen MR) is 94.3 cm³/mol. The highest BCUT2D eigenvalue weighted by molar-refractivity contribution is 7.17. The molecule has 0 radical (unpaired) electrons. The maximum Gasteiger partial charge on any atom is 0.194 e. The van der Waals surface area contributed by atoms with Crippen LogP contribution in [0.5, 0.6) is 5.75 Å². The van der Waals surface area contributed by atoms with Crippen LogP contribution in [0.25, 0.3) is 16.2 Å². The summed E-state index contributed by atoms with van der Waals surface area (Å²) in [6, 6.07) is 6.22. The lowest BCUT2D eigenvalue weighted by Crippen LogP contribution is -2.08. The van der Waals surface area contributed by atoms with Gasteiger partial charge in [-0.15, -0.1) is 11.3 Å². The molecule has 0 atom stereocenters. The lowest BCUT2D eigenvalue weighted by molar-refractivity contribution is 0.412. The summed E-state index contributed by atoms with van der Waals surface area (Å²) in [5.74, 6) is 0.904. The molecule has 2 heterocycles. The fourth-order valence-corrected chi connectivity index (χ4v) is 4.77. The molecule has 1 aliphatic carbocycles. The Balaban J connectivity index is 1.90. The third-order valence-electron chi connectivity index (χ3n) is 4.68. The molecule has 0 unspecified atom stereocenters. The molecular weight excluding hydrogens is 306 g/mol. The van der Waals surface area contributed by atoms with Crippen LogP contribution in [0.2, 0.25) is 0 Å². The smallest absolute Gasteiger partial charge is 0.194 e. The zero-order valence-electron chi connectivity index (χ0n) is 13.6. The number of thiazole rings is 1. The number of hydrogen-bond acceptors (Lipinski definition) is 4. The Morgan fingerprint density at radius 1 is 1.30 bits per heavy atom. The fraction of sp³-hybridized carbons (Fsp3) is 0.389. The number of ether oxygens (including phenoxy) is 1. The Kier molecular flexibility index (Phi) is 3.62. The molecule has 1 aromatic carbocycles. The number of benzene rings is 1. The van der Waals surface area contributed by atoms with Crippen molar-refractivity contribution in [3.05, 3.63) is 40.0 Å². The first kappa shape index (κ1) is 14.7. The molecule has 4 rings (SSSR count). The number of aromatic nitrogens is 2. The summed E-state index contributed by atoms with van der Waals surface area (Å²) in [5.41, 5.74) is 11.9. The van der Waals surface area contributed by atoms with Crippen LogP contribution in [-0.2, 0) is 19.4 Å². The molecule has 0 aliphatic heterocycles. The van der Waals surface area contributed by atoms with E-state index in [-0.39, 0.29) is 0 Å². The Hall–Kier alpha value is -1.85. The van der Waals surface area contributed by atoms with E-state index in [1.54, 1.807) is 7.11 Å². The molecule has 1 aliphatic rings. The quantitative estimate of drug-likeness (QED) is 0.798. The standard InChI is InChI=1S/C18H21N3OS/c1-11-9-12(7-8-15(11)22-2)17-14(10-19)21-13-5-3-4-6-16(13)23-18(21)20-17/h7-9H,3-6,10,19H2,1-2H3. The molecule has 0 amide bonds. The van der Waals surface area contributed by atoms with E-state index in [1.807, 2.05) is 17.4 Å². The van der Waals surface area contributed by atoms with Crippen LogP contribution in [0.3, 0.4) is 0 Å². The largest absolute Gasteiger partial charge is 0.496 e. The highest BCUT2D eigenvalue weighted by Gasteiger charge is 2.22. The van der Waals surface area contributed by atoms with E-state index in [2.05, 4.69) is 23.5 Å². The molecule has 120 valence electrons. The van der Waals surface area contributed by atoms with E-state index in [9.17, 15) is 0 Å². The molecule has 5 heteroatoms. The minimum Gasteiger partial charge on any atom is -0.496 e. The van der Waals surface area contributed by atoms with Gasteiger partial charge in [-0.3, -0.25) is 4.40 Å². The van der Waals surface area contributed by atoms with Gasteiger partial charge in [0.2, 0.25) is 0 Å². The average Bonchev–Trinajstić information content (AvgIpc) is 3.10. The van der Waals surface area contributed by atoms with Crippen molar-refractivity contribution in [3.8, 4) is 17.0 Å². The molecule has 2 N–H and O–H groups in total. The molecule has 23 heavy (non-hydrogen) atoms. The lowest BCUT2D eigenvalue weighted by Gasteiger charge is -2.12. The van der Waals surface area contributed by atoms with Crippen LogP contribution in [0.1, 0.15) is 34.7 Å². The predicted octanol–water partition coefficient (Wildman–Crippen LogP) is 3.72. The third-order valence-corrected chi connectivity index (χ3v) is 5.82. The van der Waals surface area contributed by atoms with Crippen LogP contribution in [-0.4, -0.2) is 16.5 Å². The zero-order valence-corrected chi connectivity index (χ0v) is 14.4. The SMILES string of the molecule is COc1ccc(-c2nc3sc4c(n3c2CN)CCCC4)cc1C. The lowest BCUT2D eigenvalue weighted by atomic mass is 10.0. The summed E-state index contributed by atoms with van der Waals surface area (Å²) in [5, 5.41) is 0. The van der Waals surface area contributed by atoms with Crippen molar-refractivity contribution in [2.24, 2.45) is 5.73 Å². The van der Waals surface area contributed by atoms with E-state index in [4.69, 9.17) is 15.5 Å². The number of methoxy groups -OCH3 is 1. The fourth-order valence-electron chi connectivity index (χ4n) is 3.54. The zero-order chi connectivity index (χ0) is 16.0. The summed E-state index contributed by atoms with van der Waals surface area (Å²) in [7, 11) is 1.70. The molecule has 0 fully saturated rings. The Labute approximate surface area is 139 Å². The Morgan fingerprint density at radius 3 is 2.87 bits per heavy atom. The minimum atomic E-state index is 0.505. The van der Waals surface area contributed by atoms with Crippen LogP contribution >= 0.6 is 11.3 Å². The van der Waals surface area contributed by atoms with Crippen LogP contribution < -0.4 is 10.5 Å². The van der Waals surface area contributed by atoms with Gasteiger partial charge in [0.1, 0.15) is 5.75 Å². The number of nitrogens with two attached hydrogens (primary N) is 1. The number of fused-ring (bicyclic) bond motifs is 3. The molecule has 0 bridgehead atoms. The van der Waals surface area contributed by atoms with Gasteiger partial charge in [-0.25, -0.2) is 4.98 Å². The van der Waals surface area contributed by atoms with E-state index < -0.39 is 0 Å². The molecule has 0 saturated heterocycles. The highest BCUT2D eigenvalue weighted by atomic mass is 32.1. The van der Waals surface area contributed by atoms with Gasteiger partial charge in [0, 0.05) is 22.7 Å². The topological polar surface area (TPSA) is 52.5 Å². The maximum absolute atomic E-state index is 6.10. The number of imidazole rings is 1. The van der Waals surface area contributed by atoms with Crippen LogP contribution in [0.15, 0.2) is 18.2 Å². The minimum absolute atomic E-state index is 0.505. The first-order valence-electron chi connectivity index (χ1n) is 8.10. The van der Waals surface area contributed by atoms with Crippen molar-refractivity contribution < 1.29 is 4.74 Å². The van der Waals surface area contributed by atoms with Crippen molar-refractivity contribution in [1.82, 2.24) is 9.38 Å². The maximum atomic E-state index is 6.10. The van der Waals surface area contributed by atoms with Crippen molar-refractivity contribution in [2.75, 3.05) is 7.11 Å². The summed E-state index contributed by atoms with van der Waals surface area (Å²) in [4.78, 5) is 7.49. The summed E-state index contributed by atoms with van der Waals surface area (Å²) in [6.45, 7) is 2.56. The molecule has 3 aromatic rings. The number of rotatable bonds is 3. The van der Waals surface area contributed by atoms with E-state index in [0.717, 1.165) is 39.6 Å². The second-order valence-electron chi connectivity index (χ2n) is 6.09. The highest BCUT2D eigenvalue weighted by Crippen LogP contribution is 2.35. The number of aryl methyl sites for hydroxylation is 3. The van der Waals surface area contributed by atoms with E-state index in [1.165, 1.54) is 29.8 Å². The Bertz CT molecular complexity index is 878. The second kappa shape index (κ2) is 5.65. The van der Waals surface area contributed by atoms with Crippen molar-refractivity contribution in [3.63, 3.8) is 0 Å². The van der Waals surface area contributed by atoms with Gasteiger partial charge in [-0.05, 0) is 56.4 Å². The van der Waals surface area contributed by atoms with Gasteiger partial charge in [-0.1, -0.05) is 0 Å². The number of hydrogen-bond donors (Lipinski definition) is 1. The molecule has 2 aromatic heterocycles. The van der Waals surface area contributed by atoms with Gasteiger partial charge in [0.15, 0.2) is 4.96 Å². The molecule has 4 nitrogen and oxygen atoms in total. The summed E-state index contributed by atoms with van der Waals surface area (Å²) in [6.07, 6.45) is 4.88. The summed E-state index contributed by atoms with van der Waals surface area (Å²) >= 11 is 1.83. The van der Waals surface area contributed by atoms with E-state index in [0.29, 0.717) is 6.54 Å². The van der Waals surface area contributed by atoms with Crippen molar-refractivity contribution in [2.45, 2.75) is 39.2 Å². The van der Waals surface area contributed by atoms with Crippen LogP contribution in [0, 0.1) is 6.92 Å².